The highest BCUT2D eigenvalue weighted by Crippen LogP contribution is 2.37. The van der Waals surface area contributed by atoms with Gasteiger partial charge in [-0.05, 0) is 26.3 Å². The first-order valence-electron chi connectivity index (χ1n) is 9.41. The zero-order valence-corrected chi connectivity index (χ0v) is 17.2. The maximum absolute atomic E-state index is 11.8. The van der Waals surface area contributed by atoms with Crippen LogP contribution in [0.5, 0.6) is 17.2 Å². The van der Waals surface area contributed by atoms with Gasteiger partial charge in [-0.15, -0.1) is 0 Å². The molecule has 0 aliphatic carbocycles. The van der Waals surface area contributed by atoms with Gasteiger partial charge in [-0.1, -0.05) is 0 Å². The van der Waals surface area contributed by atoms with Crippen LogP contribution >= 0.6 is 0 Å². The maximum atomic E-state index is 11.8. The number of quaternary nitrogens is 1. The Morgan fingerprint density at radius 1 is 1.25 bits per heavy atom. The fourth-order valence-corrected chi connectivity index (χ4v) is 5.77. The molecule has 2 aromatic rings. The number of nitrogens with one attached hydrogen (secondary N) is 1. The number of benzene rings is 1. The van der Waals surface area contributed by atoms with Gasteiger partial charge in [0.1, 0.15) is 18.8 Å². The second kappa shape index (κ2) is 6.97. The van der Waals surface area contributed by atoms with Crippen LogP contribution < -0.4 is 14.4 Å². The van der Waals surface area contributed by atoms with Crippen LogP contribution in [0.2, 0.25) is 0 Å². The van der Waals surface area contributed by atoms with E-state index in [9.17, 15) is 13.5 Å². The van der Waals surface area contributed by atoms with Crippen LogP contribution in [0.15, 0.2) is 12.1 Å². The molecule has 28 heavy (non-hydrogen) atoms. The SMILES string of the molecule is Cc1nn([C@@H]2CCS(=O)(=O)C2)c(C)c1C[NH+](C)Cc1cc2c(cc1O)OCO2. The van der Waals surface area contributed by atoms with E-state index in [2.05, 4.69) is 12.1 Å². The van der Waals surface area contributed by atoms with Gasteiger partial charge in [0.2, 0.25) is 6.79 Å². The lowest BCUT2D eigenvalue weighted by Gasteiger charge is -2.16. The van der Waals surface area contributed by atoms with Crippen LogP contribution in [-0.4, -0.2) is 48.7 Å². The van der Waals surface area contributed by atoms with Crippen molar-refractivity contribution in [2.45, 2.75) is 39.4 Å². The van der Waals surface area contributed by atoms with E-state index < -0.39 is 9.84 Å². The van der Waals surface area contributed by atoms with E-state index in [1.807, 2.05) is 24.6 Å². The predicted octanol–water partition coefficient (Wildman–Crippen LogP) is 0.509. The minimum Gasteiger partial charge on any atom is -0.507 e. The van der Waals surface area contributed by atoms with Crippen molar-refractivity contribution >= 4 is 9.84 Å². The number of hydrogen-bond acceptors (Lipinski definition) is 6. The van der Waals surface area contributed by atoms with E-state index in [0.717, 1.165) is 29.1 Å². The first kappa shape index (κ1) is 19.1. The molecule has 3 heterocycles. The van der Waals surface area contributed by atoms with Crippen molar-refractivity contribution in [3.63, 3.8) is 0 Å². The van der Waals surface area contributed by atoms with Crippen LogP contribution in [0.1, 0.15) is 35.0 Å². The largest absolute Gasteiger partial charge is 0.507 e. The second-order valence-corrected chi connectivity index (χ2v) is 10.0. The predicted molar refractivity (Wildman–Crippen MR) is 103 cm³/mol. The molecule has 1 unspecified atom stereocenters. The first-order valence-corrected chi connectivity index (χ1v) is 11.2. The van der Waals surface area contributed by atoms with Gasteiger partial charge >= 0.3 is 0 Å². The number of aromatic nitrogens is 2. The molecule has 2 N–H and O–H groups in total. The number of aryl methyl sites for hydroxylation is 1. The Labute approximate surface area is 164 Å². The summed E-state index contributed by atoms with van der Waals surface area (Å²) in [5.74, 6) is 1.83. The summed E-state index contributed by atoms with van der Waals surface area (Å²) < 4.78 is 36.2. The summed E-state index contributed by atoms with van der Waals surface area (Å²) in [6.45, 7) is 5.49. The number of sulfone groups is 1. The zero-order chi connectivity index (χ0) is 20.1. The molecule has 1 saturated heterocycles. The fourth-order valence-electron chi connectivity index (χ4n) is 4.08. The van der Waals surface area contributed by atoms with E-state index in [0.29, 0.717) is 24.5 Å². The molecular formula is C19H26N3O5S+. The Morgan fingerprint density at radius 2 is 1.96 bits per heavy atom. The minimum absolute atomic E-state index is 0.0735. The normalized spacial score (nSPS) is 21.2. The standard InChI is InChI=1S/C19H25N3O5S/c1-12-16(13(2)22(20-12)15-4-5-28(24,25)10-15)9-21(3)8-14-6-18-19(7-17(14)23)27-11-26-18/h6-7,15,23H,4-5,8-11H2,1-3H3/p+1/t15-/m1/s1. The number of rotatable bonds is 5. The molecule has 1 aromatic carbocycles. The Hall–Kier alpha value is -2.26. The van der Waals surface area contributed by atoms with Gasteiger partial charge in [0.15, 0.2) is 21.3 Å². The van der Waals surface area contributed by atoms with Crippen LogP contribution in [0.25, 0.3) is 0 Å². The molecule has 152 valence electrons. The Bertz CT molecular complexity index is 1020. The van der Waals surface area contributed by atoms with Crippen LogP contribution in [0, 0.1) is 13.8 Å². The molecule has 8 nitrogen and oxygen atoms in total. The van der Waals surface area contributed by atoms with Gasteiger partial charge in [0.25, 0.3) is 0 Å². The van der Waals surface area contributed by atoms with Crippen molar-refractivity contribution in [2.24, 2.45) is 0 Å². The van der Waals surface area contributed by atoms with E-state index in [4.69, 9.17) is 9.47 Å². The smallest absolute Gasteiger partial charge is 0.231 e. The van der Waals surface area contributed by atoms with Crippen molar-refractivity contribution in [1.82, 2.24) is 9.78 Å². The Balaban J connectivity index is 1.50. The van der Waals surface area contributed by atoms with Gasteiger partial charge in [-0.25, -0.2) is 8.42 Å². The van der Waals surface area contributed by atoms with Crippen LogP contribution in [-0.2, 0) is 22.9 Å². The zero-order valence-electron chi connectivity index (χ0n) is 16.4. The maximum Gasteiger partial charge on any atom is 0.231 e. The van der Waals surface area contributed by atoms with Gasteiger partial charge in [0, 0.05) is 11.8 Å². The van der Waals surface area contributed by atoms with Crippen molar-refractivity contribution in [3.8, 4) is 17.2 Å². The molecule has 0 radical (unpaired) electrons. The lowest BCUT2D eigenvalue weighted by molar-refractivity contribution is -0.907. The molecule has 1 fully saturated rings. The van der Waals surface area contributed by atoms with E-state index in [-0.39, 0.29) is 30.1 Å². The Morgan fingerprint density at radius 3 is 2.64 bits per heavy atom. The minimum atomic E-state index is -2.95. The summed E-state index contributed by atoms with van der Waals surface area (Å²) in [7, 11) is -0.898. The third-order valence-electron chi connectivity index (χ3n) is 5.57. The van der Waals surface area contributed by atoms with Gasteiger partial charge in [-0.2, -0.15) is 5.10 Å². The summed E-state index contributed by atoms with van der Waals surface area (Å²) in [5, 5.41) is 14.9. The quantitative estimate of drug-likeness (QED) is 0.749. The van der Waals surface area contributed by atoms with Gasteiger partial charge in [-0.3, -0.25) is 4.68 Å². The number of phenolic OH excluding ortho intramolecular Hbond substituents is 1. The average Bonchev–Trinajstić information content (AvgIpc) is 3.28. The van der Waals surface area contributed by atoms with Crippen LogP contribution in [0.3, 0.4) is 0 Å². The van der Waals surface area contributed by atoms with Crippen molar-refractivity contribution in [2.75, 3.05) is 25.3 Å². The summed E-state index contributed by atoms with van der Waals surface area (Å²) in [6, 6.07) is 3.35. The molecule has 0 amide bonds. The molecule has 0 bridgehead atoms. The lowest BCUT2D eigenvalue weighted by Crippen LogP contribution is -3.06. The first-order chi connectivity index (χ1) is 13.2. The summed E-state index contributed by atoms with van der Waals surface area (Å²) >= 11 is 0. The number of hydrogen-bond donors (Lipinski definition) is 2. The molecule has 2 aliphatic rings. The van der Waals surface area contributed by atoms with Gasteiger partial charge in [0.05, 0.1) is 41.4 Å². The highest BCUT2D eigenvalue weighted by atomic mass is 32.2. The highest BCUT2D eigenvalue weighted by Gasteiger charge is 2.32. The van der Waals surface area contributed by atoms with E-state index >= 15 is 0 Å². The molecule has 4 rings (SSSR count). The van der Waals surface area contributed by atoms with Crippen molar-refractivity contribution in [1.29, 1.82) is 0 Å². The average molecular weight is 409 g/mol. The number of fused-ring (bicyclic) bond motifs is 1. The molecule has 2 atom stereocenters. The summed E-state index contributed by atoms with van der Waals surface area (Å²) in [4.78, 5) is 1.18. The third kappa shape index (κ3) is 3.56. The molecule has 2 aliphatic heterocycles. The molecular weight excluding hydrogens is 382 g/mol. The fraction of sp³-hybridized carbons (Fsp3) is 0.526. The summed E-state index contributed by atoms with van der Waals surface area (Å²) in [5.41, 5.74) is 3.87. The third-order valence-corrected chi connectivity index (χ3v) is 7.32. The number of phenols is 1. The van der Waals surface area contributed by atoms with Crippen molar-refractivity contribution < 1.29 is 27.9 Å². The molecule has 0 spiro atoms. The second-order valence-electron chi connectivity index (χ2n) is 7.80. The Kier molecular flexibility index (Phi) is 4.75. The monoisotopic (exact) mass is 408 g/mol. The number of ether oxygens (including phenoxy) is 2. The van der Waals surface area contributed by atoms with Crippen molar-refractivity contribution in [3.05, 3.63) is 34.6 Å². The number of aromatic hydroxyl groups is 1. The topological polar surface area (TPSA) is 95.1 Å². The number of nitrogens with zero attached hydrogens (tertiary/aromatic N) is 2. The summed E-state index contributed by atoms with van der Waals surface area (Å²) in [6.07, 6.45) is 0.623. The highest BCUT2D eigenvalue weighted by molar-refractivity contribution is 7.91. The van der Waals surface area contributed by atoms with E-state index in [1.54, 1.807) is 6.07 Å². The van der Waals surface area contributed by atoms with Gasteiger partial charge < -0.3 is 19.5 Å². The molecule has 9 heteroatoms. The van der Waals surface area contributed by atoms with E-state index in [1.165, 1.54) is 4.90 Å². The lowest BCUT2D eigenvalue weighted by atomic mass is 10.1. The van der Waals surface area contributed by atoms with Crippen LogP contribution in [0.4, 0.5) is 0 Å². The molecule has 1 aromatic heterocycles. The molecule has 0 saturated carbocycles.